The number of carbonyl (C=O) groups excluding carboxylic acids is 3. The van der Waals surface area contributed by atoms with E-state index >= 15 is 0 Å². The van der Waals surface area contributed by atoms with Gasteiger partial charge in [0.05, 0.1) is 12.8 Å². The highest BCUT2D eigenvalue weighted by Gasteiger charge is 2.20. The Hall–Kier alpha value is -3.06. The third-order valence-corrected chi connectivity index (χ3v) is 4.20. The fraction of sp³-hybridized carbons (Fsp3) is 0.250. The van der Waals surface area contributed by atoms with Crippen LogP contribution in [0.3, 0.4) is 0 Å². The number of methoxy groups -OCH3 is 1. The zero-order valence-corrected chi connectivity index (χ0v) is 16.4. The van der Waals surface area contributed by atoms with Crippen LogP contribution in [0.4, 0.5) is 5.69 Å². The van der Waals surface area contributed by atoms with Gasteiger partial charge >= 0.3 is 5.97 Å². The standard InChI is InChI=1S/C20H20ClNO6/c1-12-8-17(18(26-3)9-16(12)21)22-20(25)13(2)28-19(24)11-27-15-6-4-14(10-23)5-7-15/h4-10,13H,11H2,1-3H3,(H,22,25)/t13-/m0/s1. The number of amides is 1. The number of nitrogens with one attached hydrogen (secondary N) is 1. The molecule has 0 aliphatic heterocycles. The summed E-state index contributed by atoms with van der Waals surface area (Å²) in [6.45, 7) is 2.86. The summed E-state index contributed by atoms with van der Waals surface area (Å²) in [5.41, 5.74) is 1.67. The summed E-state index contributed by atoms with van der Waals surface area (Å²) < 4.78 is 15.6. The molecule has 148 valence electrons. The van der Waals surface area contributed by atoms with E-state index in [0.29, 0.717) is 34.1 Å². The van der Waals surface area contributed by atoms with Gasteiger partial charge in [0.15, 0.2) is 12.7 Å². The van der Waals surface area contributed by atoms with Gasteiger partial charge in [-0.2, -0.15) is 0 Å². The number of ether oxygens (including phenoxy) is 3. The van der Waals surface area contributed by atoms with Gasteiger partial charge in [0, 0.05) is 16.7 Å². The lowest BCUT2D eigenvalue weighted by Gasteiger charge is -2.16. The van der Waals surface area contributed by atoms with E-state index in [-0.39, 0.29) is 6.61 Å². The summed E-state index contributed by atoms with van der Waals surface area (Å²) in [6.07, 6.45) is -0.343. The molecule has 8 heteroatoms. The Labute approximate surface area is 167 Å². The number of aldehydes is 1. The zero-order chi connectivity index (χ0) is 20.7. The summed E-state index contributed by atoms with van der Waals surface area (Å²) in [4.78, 5) is 34.8. The first-order valence-electron chi connectivity index (χ1n) is 8.36. The number of hydrogen-bond donors (Lipinski definition) is 1. The maximum absolute atomic E-state index is 12.3. The molecule has 0 radical (unpaired) electrons. The summed E-state index contributed by atoms with van der Waals surface area (Å²) in [5.74, 6) is -0.435. The first-order chi connectivity index (χ1) is 13.3. The second-order valence-electron chi connectivity index (χ2n) is 5.90. The van der Waals surface area contributed by atoms with Crippen LogP contribution < -0.4 is 14.8 Å². The Kier molecular flexibility index (Phi) is 7.40. The molecule has 1 amide bonds. The van der Waals surface area contributed by atoms with E-state index in [9.17, 15) is 14.4 Å². The normalized spacial score (nSPS) is 11.3. The van der Waals surface area contributed by atoms with Crippen molar-refractivity contribution >= 4 is 35.5 Å². The molecular weight excluding hydrogens is 386 g/mol. The van der Waals surface area contributed by atoms with Crippen molar-refractivity contribution in [1.82, 2.24) is 0 Å². The Bertz CT molecular complexity index is 866. The minimum atomic E-state index is -1.05. The molecule has 0 heterocycles. The number of carbonyl (C=O) groups is 3. The Morgan fingerprint density at radius 3 is 2.50 bits per heavy atom. The fourth-order valence-electron chi connectivity index (χ4n) is 2.23. The number of aryl methyl sites for hydroxylation is 1. The lowest BCUT2D eigenvalue weighted by Crippen LogP contribution is -2.31. The van der Waals surface area contributed by atoms with Crippen molar-refractivity contribution in [1.29, 1.82) is 0 Å². The molecule has 28 heavy (non-hydrogen) atoms. The van der Waals surface area contributed by atoms with Crippen LogP contribution in [0.2, 0.25) is 5.02 Å². The highest BCUT2D eigenvalue weighted by atomic mass is 35.5. The van der Waals surface area contributed by atoms with Crippen LogP contribution in [-0.4, -0.2) is 38.0 Å². The first kappa shape index (κ1) is 21.2. The molecule has 1 atom stereocenters. The number of anilines is 1. The largest absolute Gasteiger partial charge is 0.495 e. The summed E-state index contributed by atoms with van der Waals surface area (Å²) >= 11 is 6.04. The molecule has 2 aromatic rings. The Morgan fingerprint density at radius 2 is 1.89 bits per heavy atom. The molecular formula is C20H20ClNO6. The Balaban J connectivity index is 1.90. The van der Waals surface area contributed by atoms with Crippen molar-refractivity contribution in [2.45, 2.75) is 20.0 Å². The number of esters is 1. The molecule has 0 saturated carbocycles. The summed E-state index contributed by atoms with van der Waals surface area (Å²) in [6, 6.07) is 9.49. The second kappa shape index (κ2) is 9.75. The number of rotatable bonds is 8. The van der Waals surface area contributed by atoms with Crippen molar-refractivity contribution < 1.29 is 28.6 Å². The van der Waals surface area contributed by atoms with Crippen molar-refractivity contribution in [2.24, 2.45) is 0 Å². The second-order valence-corrected chi connectivity index (χ2v) is 6.31. The molecule has 0 unspecified atom stereocenters. The van der Waals surface area contributed by atoms with Crippen molar-refractivity contribution in [3.05, 3.63) is 52.5 Å². The van der Waals surface area contributed by atoms with Gasteiger partial charge in [-0.1, -0.05) is 11.6 Å². The molecule has 0 aliphatic carbocycles. The highest BCUT2D eigenvalue weighted by molar-refractivity contribution is 6.31. The average Bonchev–Trinajstić information content (AvgIpc) is 2.69. The van der Waals surface area contributed by atoms with E-state index in [2.05, 4.69) is 5.32 Å². The van der Waals surface area contributed by atoms with E-state index in [1.807, 2.05) is 0 Å². The van der Waals surface area contributed by atoms with Crippen LogP contribution in [-0.2, 0) is 14.3 Å². The molecule has 7 nitrogen and oxygen atoms in total. The third-order valence-electron chi connectivity index (χ3n) is 3.79. The zero-order valence-electron chi connectivity index (χ0n) is 15.7. The predicted octanol–water partition coefficient (Wildman–Crippen LogP) is 3.42. The highest BCUT2D eigenvalue weighted by Crippen LogP contribution is 2.31. The van der Waals surface area contributed by atoms with Crippen molar-refractivity contribution in [3.8, 4) is 11.5 Å². The lowest BCUT2D eigenvalue weighted by atomic mass is 10.2. The third kappa shape index (κ3) is 5.72. The maximum Gasteiger partial charge on any atom is 0.344 e. The topological polar surface area (TPSA) is 90.9 Å². The first-order valence-corrected chi connectivity index (χ1v) is 8.74. The molecule has 1 N–H and O–H groups in total. The van der Waals surface area contributed by atoms with Gasteiger partial charge < -0.3 is 19.5 Å². The summed E-state index contributed by atoms with van der Waals surface area (Å²) in [5, 5.41) is 3.15. The number of hydrogen-bond acceptors (Lipinski definition) is 6. The van der Waals surface area contributed by atoms with E-state index in [1.54, 1.807) is 43.3 Å². The molecule has 2 aromatic carbocycles. The SMILES string of the molecule is COc1cc(Cl)c(C)cc1NC(=O)[C@H](C)OC(=O)COc1ccc(C=O)cc1. The van der Waals surface area contributed by atoms with Gasteiger partial charge in [0.2, 0.25) is 0 Å². The summed E-state index contributed by atoms with van der Waals surface area (Å²) in [7, 11) is 1.46. The minimum absolute atomic E-state index is 0.374. The molecule has 0 fully saturated rings. The molecule has 0 aromatic heterocycles. The van der Waals surface area contributed by atoms with Gasteiger partial charge in [-0.3, -0.25) is 9.59 Å². The van der Waals surface area contributed by atoms with Crippen LogP contribution >= 0.6 is 11.6 Å². The van der Waals surface area contributed by atoms with Gasteiger partial charge in [-0.25, -0.2) is 4.79 Å². The number of benzene rings is 2. The van der Waals surface area contributed by atoms with Crippen LogP contribution in [0.1, 0.15) is 22.8 Å². The Morgan fingerprint density at radius 1 is 1.21 bits per heavy atom. The lowest BCUT2D eigenvalue weighted by molar-refractivity contribution is -0.155. The molecule has 2 rings (SSSR count). The maximum atomic E-state index is 12.3. The molecule has 0 saturated heterocycles. The predicted molar refractivity (Wildman–Crippen MR) is 104 cm³/mol. The van der Waals surface area contributed by atoms with Crippen molar-refractivity contribution in [2.75, 3.05) is 19.0 Å². The monoisotopic (exact) mass is 405 g/mol. The van der Waals surface area contributed by atoms with E-state index in [1.165, 1.54) is 14.0 Å². The van der Waals surface area contributed by atoms with E-state index in [4.69, 9.17) is 25.8 Å². The van der Waals surface area contributed by atoms with Gasteiger partial charge in [-0.05, 0) is 49.7 Å². The van der Waals surface area contributed by atoms with Gasteiger partial charge in [0.25, 0.3) is 5.91 Å². The van der Waals surface area contributed by atoms with Crippen molar-refractivity contribution in [3.63, 3.8) is 0 Å². The van der Waals surface area contributed by atoms with Crippen LogP contribution in [0.5, 0.6) is 11.5 Å². The molecule has 0 spiro atoms. The van der Waals surface area contributed by atoms with Gasteiger partial charge in [0.1, 0.15) is 17.8 Å². The van der Waals surface area contributed by atoms with E-state index < -0.39 is 18.0 Å². The molecule has 0 aliphatic rings. The smallest absolute Gasteiger partial charge is 0.344 e. The molecule has 0 bridgehead atoms. The van der Waals surface area contributed by atoms with E-state index in [0.717, 1.165) is 5.56 Å². The fourth-order valence-corrected chi connectivity index (χ4v) is 2.39. The van der Waals surface area contributed by atoms with Crippen LogP contribution in [0.25, 0.3) is 0 Å². The minimum Gasteiger partial charge on any atom is -0.495 e. The quantitative estimate of drug-likeness (QED) is 0.534. The van der Waals surface area contributed by atoms with Crippen LogP contribution in [0, 0.1) is 6.92 Å². The van der Waals surface area contributed by atoms with Gasteiger partial charge in [-0.15, -0.1) is 0 Å². The average molecular weight is 406 g/mol. The van der Waals surface area contributed by atoms with Crippen LogP contribution in [0.15, 0.2) is 36.4 Å². The number of halogens is 1.